The number of nitrogens with zero attached hydrogens (tertiary/aromatic N) is 2. The monoisotopic (exact) mass is 440 g/mol. The van der Waals surface area contributed by atoms with Crippen LogP contribution in [0, 0.1) is 32.4 Å². The minimum atomic E-state index is -0.329. The smallest absolute Gasteiger partial charge is 0.173 e. The number of halogens is 2. The summed E-state index contributed by atoms with van der Waals surface area (Å²) in [5, 5.41) is 1.59. The second kappa shape index (κ2) is 8.24. The summed E-state index contributed by atoms with van der Waals surface area (Å²) in [6, 6.07) is 10.7. The van der Waals surface area contributed by atoms with Crippen molar-refractivity contribution in [3.63, 3.8) is 0 Å². The highest BCUT2D eigenvalue weighted by atomic mass is 32.2. The number of carbonyl (C=O) groups is 1. The lowest BCUT2D eigenvalue weighted by Gasteiger charge is -2.08. The Hall–Kier alpha value is -2.64. The Balaban J connectivity index is 1.72. The molecule has 0 radical (unpaired) electrons. The van der Waals surface area contributed by atoms with Crippen molar-refractivity contribution in [3.8, 4) is 11.1 Å². The van der Waals surface area contributed by atoms with E-state index >= 15 is 0 Å². The van der Waals surface area contributed by atoms with Gasteiger partial charge in [0.1, 0.15) is 27.3 Å². The molecule has 0 aliphatic heterocycles. The zero-order valence-electron chi connectivity index (χ0n) is 16.6. The molecule has 3 nitrogen and oxygen atoms in total. The van der Waals surface area contributed by atoms with Gasteiger partial charge in [-0.1, -0.05) is 23.9 Å². The Kier molecular flexibility index (Phi) is 5.66. The lowest BCUT2D eigenvalue weighted by atomic mass is 10.0. The van der Waals surface area contributed by atoms with Gasteiger partial charge in [-0.15, -0.1) is 11.3 Å². The molecule has 0 unspecified atom stereocenters. The molecule has 0 saturated carbocycles. The second-order valence-electron chi connectivity index (χ2n) is 6.97. The van der Waals surface area contributed by atoms with Crippen LogP contribution in [0.4, 0.5) is 8.78 Å². The third kappa shape index (κ3) is 4.00. The van der Waals surface area contributed by atoms with Crippen LogP contribution >= 0.6 is 23.1 Å². The first-order chi connectivity index (χ1) is 14.3. The standard InChI is InChI=1S/C23H18F2N2OS2/c1-12-10-16(6-9-18(12)25)19(28)11-29-22-21-20(15-4-7-17(24)8-5-15)13(2)30-23(21)27-14(3)26-22/h4-10H,11H2,1-3H3. The van der Waals surface area contributed by atoms with Crippen LogP contribution in [-0.2, 0) is 0 Å². The number of aromatic nitrogens is 2. The van der Waals surface area contributed by atoms with Crippen molar-refractivity contribution in [1.29, 1.82) is 0 Å². The van der Waals surface area contributed by atoms with Crippen LogP contribution in [0.25, 0.3) is 21.3 Å². The van der Waals surface area contributed by atoms with Gasteiger partial charge in [0.2, 0.25) is 0 Å². The number of aryl methyl sites for hydroxylation is 3. The van der Waals surface area contributed by atoms with Crippen LogP contribution in [0.2, 0.25) is 0 Å². The average molecular weight is 441 g/mol. The summed E-state index contributed by atoms with van der Waals surface area (Å²) in [4.78, 5) is 23.7. The molecular weight excluding hydrogens is 422 g/mol. The van der Waals surface area contributed by atoms with Gasteiger partial charge in [-0.2, -0.15) is 0 Å². The number of rotatable bonds is 5. The first-order valence-corrected chi connectivity index (χ1v) is 11.1. The van der Waals surface area contributed by atoms with E-state index in [0.29, 0.717) is 22.0 Å². The van der Waals surface area contributed by atoms with Gasteiger partial charge < -0.3 is 0 Å². The number of thiophene rings is 1. The lowest BCUT2D eigenvalue weighted by molar-refractivity contribution is 0.102. The van der Waals surface area contributed by atoms with Crippen molar-refractivity contribution < 1.29 is 13.6 Å². The molecule has 0 atom stereocenters. The number of benzene rings is 2. The molecule has 0 N–H and O–H groups in total. The van der Waals surface area contributed by atoms with Gasteiger partial charge in [-0.3, -0.25) is 4.79 Å². The summed E-state index contributed by atoms with van der Waals surface area (Å²) in [6.45, 7) is 5.46. The maximum Gasteiger partial charge on any atom is 0.173 e. The molecule has 2 heterocycles. The topological polar surface area (TPSA) is 42.9 Å². The fourth-order valence-electron chi connectivity index (χ4n) is 3.29. The van der Waals surface area contributed by atoms with Crippen LogP contribution in [-0.4, -0.2) is 21.5 Å². The van der Waals surface area contributed by atoms with Gasteiger partial charge in [-0.05, 0) is 62.2 Å². The first kappa shape index (κ1) is 20.6. The van der Waals surface area contributed by atoms with Crippen molar-refractivity contribution in [1.82, 2.24) is 9.97 Å². The van der Waals surface area contributed by atoms with Crippen molar-refractivity contribution in [2.45, 2.75) is 25.8 Å². The molecule has 2 aromatic heterocycles. The summed E-state index contributed by atoms with van der Waals surface area (Å²) in [6.07, 6.45) is 0. The lowest BCUT2D eigenvalue weighted by Crippen LogP contribution is -2.04. The van der Waals surface area contributed by atoms with E-state index in [1.165, 1.54) is 36.0 Å². The van der Waals surface area contributed by atoms with E-state index in [0.717, 1.165) is 26.2 Å². The quantitative estimate of drug-likeness (QED) is 0.201. The number of hydrogen-bond acceptors (Lipinski definition) is 5. The number of fused-ring (bicyclic) bond motifs is 1. The average Bonchev–Trinajstić information content (AvgIpc) is 3.04. The fourth-order valence-corrected chi connectivity index (χ4v) is 5.42. The summed E-state index contributed by atoms with van der Waals surface area (Å²) in [7, 11) is 0. The summed E-state index contributed by atoms with van der Waals surface area (Å²) in [5.41, 5.74) is 2.76. The molecule has 4 rings (SSSR count). The molecular formula is C23H18F2N2OS2. The van der Waals surface area contributed by atoms with E-state index in [-0.39, 0.29) is 23.2 Å². The molecule has 2 aromatic carbocycles. The maximum absolute atomic E-state index is 13.5. The Labute approximate surface area is 181 Å². The highest BCUT2D eigenvalue weighted by molar-refractivity contribution is 8.00. The molecule has 152 valence electrons. The Morgan fingerprint density at radius 1 is 1.03 bits per heavy atom. The summed E-state index contributed by atoms with van der Waals surface area (Å²) >= 11 is 2.90. The predicted molar refractivity (Wildman–Crippen MR) is 118 cm³/mol. The van der Waals surface area contributed by atoms with E-state index in [1.807, 2.05) is 13.8 Å². The number of Topliss-reactive ketones (excluding diaryl/α,β-unsaturated/α-hetero) is 1. The maximum atomic E-state index is 13.5. The van der Waals surface area contributed by atoms with E-state index in [4.69, 9.17) is 0 Å². The molecule has 0 spiro atoms. The first-order valence-electron chi connectivity index (χ1n) is 9.29. The molecule has 0 amide bonds. The van der Waals surface area contributed by atoms with Gasteiger partial charge in [0.25, 0.3) is 0 Å². The molecule has 30 heavy (non-hydrogen) atoms. The third-order valence-electron chi connectivity index (χ3n) is 4.76. The largest absolute Gasteiger partial charge is 0.293 e. The highest BCUT2D eigenvalue weighted by Gasteiger charge is 2.19. The molecule has 0 saturated heterocycles. The predicted octanol–water partition coefficient (Wildman–Crippen LogP) is 6.54. The molecule has 4 aromatic rings. The zero-order valence-corrected chi connectivity index (χ0v) is 18.3. The van der Waals surface area contributed by atoms with Gasteiger partial charge >= 0.3 is 0 Å². The van der Waals surface area contributed by atoms with E-state index < -0.39 is 0 Å². The molecule has 7 heteroatoms. The van der Waals surface area contributed by atoms with Gasteiger partial charge in [0.15, 0.2) is 5.78 Å². The Morgan fingerprint density at radius 3 is 2.47 bits per heavy atom. The number of hydrogen-bond donors (Lipinski definition) is 0. The van der Waals surface area contributed by atoms with Crippen molar-refractivity contribution >= 4 is 39.1 Å². The molecule has 0 fully saturated rings. The van der Waals surface area contributed by atoms with E-state index in [1.54, 1.807) is 36.5 Å². The van der Waals surface area contributed by atoms with E-state index in [9.17, 15) is 13.6 Å². The van der Waals surface area contributed by atoms with Gasteiger partial charge in [-0.25, -0.2) is 18.7 Å². The van der Waals surface area contributed by atoms with Crippen LogP contribution in [0.15, 0.2) is 47.5 Å². The minimum Gasteiger partial charge on any atom is -0.293 e. The normalized spacial score (nSPS) is 11.2. The Morgan fingerprint density at radius 2 is 1.77 bits per heavy atom. The van der Waals surface area contributed by atoms with Gasteiger partial charge in [0.05, 0.1) is 11.1 Å². The van der Waals surface area contributed by atoms with Crippen LogP contribution in [0.5, 0.6) is 0 Å². The van der Waals surface area contributed by atoms with Gasteiger partial charge in [0, 0.05) is 16.0 Å². The number of ketones is 1. The van der Waals surface area contributed by atoms with Crippen molar-refractivity contribution in [3.05, 3.63) is 75.9 Å². The van der Waals surface area contributed by atoms with Crippen molar-refractivity contribution in [2.24, 2.45) is 0 Å². The molecule has 0 aliphatic rings. The Bertz CT molecular complexity index is 1270. The minimum absolute atomic E-state index is 0.0946. The van der Waals surface area contributed by atoms with Crippen LogP contribution in [0.1, 0.15) is 26.6 Å². The third-order valence-corrected chi connectivity index (χ3v) is 6.73. The van der Waals surface area contributed by atoms with Crippen LogP contribution in [0.3, 0.4) is 0 Å². The SMILES string of the molecule is Cc1nc(SCC(=O)c2ccc(F)c(C)c2)c2c(-c3ccc(F)cc3)c(C)sc2n1. The van der Waals surface area contributed by atoms with Crippen LogP contribution < -0.4 is 0 Å². The zero-order chi connectivity index (χ0) is 21.4. The fraction of sp³-hybridized carbons (Fsp3) is 0.174. The molecule has 0 aliphatic carbocycles. The summed E-state index contributed by atoms with van der Waals surface area (Å²) in [5.74, 6) is 0.0848. The van der Waals surface area contributed by atoms with Crippen molar-refractivity contribution in [2.75, 3.05) is 5.75 Å². The summed E-state index contributed by atoms with van der Waals surface area (Å²) < 4.78 is 26.9. The van der Waals surface area contributed by atoms with E-state index in [2.05, 4.69) is 9.97 Å². The molecule has 0 bridgehead atoms. The second-order valence-corrected chi connectivity index (χ2v) is 9.14. The number of thioether (sulfide) groups is 1. The number of carbonyl (C=O) groups excluding carboxylic acids is 1. The highest BCUT2D eigenvalue weighted by Crippen LogP contribution is 2.41.